The van der Waals surface area contributed by atoms with Crippen molar-refractivity contribution < 1.29 is 18.1 Å². The van der Waals surface area contributed by atoms with Gasteiger partial charge in [0, 0.05) is 11.1 Å². The Labute approximate surface area is 300 Å². The molecule has 0 amide bonds. The molecule has 0 heterocycles. The number of hydrogen-bond acceptors (Lipinski definition) is 4. The van der Waals surface area contributed by atoms with Crippen molar-refractivity contribution in [3.05, 3.63) is 168 Å². The van der Waals surface area contributed by atoms with Crippen LogP contribution in [0.2, 0.25) is 0 Å². The second-order valence-electron chi connectivity index (χ2n) is 14.3. The maximum Gasteiger partial charge on any atom is 0.326 e. The molecule has 6 rings (SSSR count). The molecule has 0 aliphatic heterocycles. The number of allylic oxidation sites excluding steroid dienone is 3. The molecule has 2 atom stereocenters. The lowest BCUT2D eigenvalue weighted by Crippen LogP contribution is -2.16. The normalized spacial score (nSPS) is 14.5. The van der Waals surface area contributed by atoms with E-state index in [1.165, 1.54) is 0 Å². The van der Waals surface area contributed by atoms with E-state index in [4.69, 9.17) is 18.1 Å². The lowest BCUT2D eigenvalue weighted by atomic mass is 9.86. The molecule has 4 nitrogen and oxygen atoms in total. The van der Waals surface area contributed by atoms with Crippen molar-refractivity contribution in [1.29, 1.82) is 0 Å². The predicted octanol–water partition coefficient (Wildman–Crippen LogP) is 12.2. The van der Waals surface area contributed by atoms with Crippen LogP contribution in [0.4, 0.5) is 0 Å². The molecule has 1 aliphatic carbocycles. The van der Waals surface area contributed by atoms with E-state index in [2.05, 4.69) is 114 Å². The van der Waals surface area contributed by atoms with Gasteiger partial charge in [-0.1, -0.05) is 139 Å². The van der Waals surface area contributed by atoms with Crippen molar-refractivity contribution in [2.45, 2.75) is 65.2 Å². The number of para-hydroxylation sites is 3. The van der Waals surface area contributed by atoms with Crippen LogP contribution < -0.4 is 24.2 Å². The molecular weight excluding hydrogens is 654 g/mol. The highest BCUT2D eigenvalue weighted by Crippen LogP contribution is 2.49. The van der Waals surface area contributed by atoms with E-state index in [1.54, 1.807) is 0 Å². The fourth-order valence-electron chi connectivity index (χ4n) is 5.83. The summed E-state index contributed by atoms with van der Waals surface area (Å²) in [6.45, 7) is 13.2. The first-order valence-corrected chi connectivity index (χ1v) is 19.5. The molecule has 5 aromatic carbocycles. The van der Waals surface area contributed by atoms with Crippen LogP contribution in [-0.4, -0.2) is 0 Å². The molecule has 0 aromatic heterocycles. The molecule has 0 saturated heterocycles. The highest BCUT2D eigenvalue weighted by molar-refractivity contribution is 7.57. The monoisotopic (exact) mass is 700 g/mol. The van der Waals surface area contributed by atoms with Crippen LogP contribution in [0.15, 0.2) is 151 Å². The minimum atomic E-state index is -1.53. The van der Waals surface area contributed by atoms with Crippen molar-refractivity contribution in [2.24, 2.45) is 0 Å². The molecule has 0 spiro atoms. The number of hydrogen-bond donors (Lipinski definition) is 0. The van der Waals surface area contributed by atoms with E-state index in [0.717, 1.165) is 68.7 Å². The summed E-state index contributed by atoms with van der Waals surface area (Å²) in [5, 5.41) is 1.99. The predicted molar refractivity (Wildman–Crippen MR) is 211 cm³/mol. The van der Waals surface area contributed by atoms with Gasteiger partial charge < -0.3 is 18.1 Å². The Morgan fingerprint density at radius 3 is 1.40 bits per heavy atom. The van der Waals surface area contributed by atoms with E-state index >= 15 is 0 Å². The zero-order valence-electron chi connectivity index (χ0n) is 29.8. The van der Waals surface area contributed by atoms with Gasteiger partial charge in [0.1, 0.15) is 23.0 Å². The zero-order chi connectivity index (χ0) is 35.1. The Hall–Kier alpha value is -4.36. The Morgan fingerprint density at radius 2 is 0.880 bits per heavy atom. The second kappa shape index (κ2) is 15.7. The van der Waals surface area contributed by atoms with Gasteiger partial charge >= 0.3 is 16.8 Å². The van der Waals surface area contributed by atoms with Crippen molar-refractivity contribution in [1.82, 2.24) is 0 Å². The van der Waals surface area contributed by atoms with Gasteiger partial charge in [-0.25, -0.2) is 0 Å². The van der Waals surface area contributed by atoms with Crippen molar-refractivity contribution in [2.75, 3.05) is 0 Å². The van der Waals surface area contributed by atoms with Gasteiger partial charge in [-0.15, -0.1) is 0 Å². The van der Waals surface area contributed by atoms with E-state index in [0.29, 0.717) is 0 Å². The van der Waals surface area contributed by atoms with Gasteiger partial charge in [0.05, 0.1) is 10.6 Å². The average molecular weight is 701 g/mol. The number of rotatable bonds is 11. The first-order valence-electron chi connectivity index (χ1n) is 17.2. The van der Waals surface area contributed by atoms with Gasteiger partial charge in [0.25, 0.3) is 0 Å². The Morgan fingerprint density at radius 1 is 0.460 bits per heavy atom. The van der Waals surface area contributed by atoms with Crippen LogP contribution in [0.5, 0.6) is 17.2 Å². The van der Waals surface area contributed by atoms with Gasteiger partial charge in [-0.3, -0.25) is 0 Å². The molecular formula is C44H46O4P2. The molecule has 2 unspecified atom stereocenters. The van der Waals surface area contributed by atoms with Gasteiger partial charge in [0.15, 0.2) is 0 Å². The van der Waals surface area contributed by atoms with E-state index in [-0.39, 0.29) is 10.8 Å². The van der Waals surface area contributed by atoms with E-state index in [9.17, 15) is 0 Å². The molecule has 0 saturated carbocycles. The minimum Gasteiger partial charge on any atom is -0.435 e. The third-order valence-corrected chi connectivity index (χ3v) is 11.3. The van der Waals surface area contributed by atoms with Crippen LogP contribution in [0.25, 0.3) is 5.57 Å². The third kappa shape index (κ3) is 8.67. The van der Waals surface area contributed by atoms with Gasteiger partial charge in [-0.2, -0.15) is 0 Å². The van der Waals surface area contributed by atoms with Crippen LogP contribution in [0, 0.1) is 0 Å². The lowest BCUT2D eigenvalue weighted by molar-refractivity contribution is 0.420. The standard InChI is InChI=1S/C44H46O4P2/c1-43(2,3)37-27-15-19-31-41(37)47-49(33-21-9-7-10-22-33)45-39-29-17-13-25-35(39)36-26-14-18-30-40(36)46-50(34-23-11-8-12-24-34)48-42-32-20-16-28-38(42)44(4,5)6/h7-13,15-25,27-32H,14,26H2,1-6H3. The van der Waals surface area contributed by atoms with E-state index in [1.807, 2.05) is 72.8 Å². The van der Waals surface area contributed by atoms with Crippen molar-refractivity contribution >= 4 is 32.9 Å². The Balaban J connectivity index is 1.38. The van der Waals surface area contributed by atoms with Gasteiger partial charge in [-0.05, 0) is 83.3 Å². The first-order chi connectivity index (χ1) is 24.1. The fourth-order valence-corrected chi connectivity index (χ4v) is 8.52. The highest BCUT2D eigenvalue weighted by atomic mass is 31.2. The molecule has 0 fully saturated rings. The Bertz CT molecular complexity index is 1940. The third-order valence-electron chi connectivity index (χ3n) is 8.39. The topological polar surface area (TPSA) is 36.9 Å². The maximum absolute atomic E-state index is 6.96. The molecule has 50 heavy (non-hydrogen) atoms. The smallest absolute Gasteiger partial charge is 0.326 e. The van der Waals surface area contributed by atoms with Crippen LogP contribution in [0.1, 0.15) is 71.1 Å². The number of benzene rings is 5. The molecule has 1 aliphatic rings. The SMILES string of the molecule is CC(C)(C)c1ccccc1OP(OC1=C(c2ccccc2OP(Oc2ccccc2C(C)(C)C)c2ccccc2)CCC=C1)c1ccccc1. The summed E-state index contributed by atoms with van der Waals surface area (Å²) < 4.78 is 27.6. The molecule has 0 radical (unpaired) electrons. The molecule has 0 bridgehead atoms. The summed E-state index contributed by atoms with van der Waals surface area (Å²) in [4.78, 5) is 0. The summed E-state index contributed by atoms with van der Waals surface area (Å²) in [6, 6.07) is 45.2. The molecule has 256 valence electrons. The summed E-state index contributed by atoms with van der Waals surface area (Å²) >= 11 is 0. The summed E-state index contributed by atoms with van der Waals surface area (Å²) in [7, 11) is -3.04. The summed E-state index contributed by atoms with van der Waals surface area (Å²) in [5.41, 5.74) is 4.16. The second-order valence-corrected chi connectivity index (χ2v) is 17.1. The molecule has 5 aromatic rings. The fraction of sp³-hybridized carbons (Fsp3) is 0.227. The Kier molecular flexibility index (Phi) is 11.1. The van der Waals surface area contributed by atoms with Crippen LogP contribution >= 0.6 is 16.8 Å². The quantitative estimate of drug-likeness (QED) is 0.129. The molecule has 6 heteroatoms. The maximum atomic E-state index is 6.96. The van der Waals surface area contributed by atoms with E-state index < -0.39 is 16.8 Å². The average Bonchev–Trinajstić information content (AvgIpc) is 3.12. The summed E-state index contributed by atoms with van der Waals surface area (Å²) in [6.07, 6.45) is 5.96. The van der Waals surface area contributed by atoms with Crippen LogP contribution in [-0.2, 0) is 15.4 Å². The van der Waals surface area contributed by atoms with Crippen LogP contribution in [0.3, 0.4) is 0 Å². The largest absolute Gasteiger partial charge is 0.435 e. The zero-order valence-corrected chi connectivity index (χ0v) is 31.6. The van der Waals surface area contributed by atoms with Crippen molar-refractivity contribution in [3.63, 3.8) is 0 Å². The summed E-state index contributed by atoms with van der Waals surface area (Å²) in [5.74, 6) is 3.21. The van der Waals surface area contributed by atoms with Crippen molar-refractivity contribution in [3.8, 4) is 17.2 Å². The molecule has 0 N–H and O–H groups in total. The lowest BCUT2D eigenvalue weighted by Gasteiger charge is -2.28. The minimum absolute atomic E-state index is 0.0910. The first kappa shape index (κ1) is 35.5. The highest BCUT2D eigenvalue weighted by Gasteiger charge is 2.28. The van der Waals surface area contributed by atoms with Gasteiger partial charge in [0.2, 0.25) is 0 Å².